The third kappa shape index (κ3) is 3.43. The van der Waals surface area contributed by atoms with Gasteiger partial charge in [-0.15, -0.1) is 0 Å². The van der Waals surface area contributed by atoms with Crippen LogP contribution in [0.2, 0.25) is 0 Å². The van der Waals surface area contributed by atoms with Crippen molar-refractivity contribution < 1.29 is 14.3 Å². The van der Waals surface area contributed by atoms with E-state index in [0.29, 0.717) is 11.4 Å². The maximum Gasteiger partial charge on any atom is 0.268 e. The van der Waals surface area contributed by atoms with E-state index in [2.05, 4.69) is 29.6 Å². The Kier molecular flexibility index (Phi) is 4.74. The Hall–Kier alpha value is -3.34. The van der Waals surface area contributed by atoms with Crippen LogP contribution in [0.3, 0.4) is 0 Å². The maximum absolute atomic E-state index is 12.7. The van der Waals surface area contributed by atoms with Gasteiger partial charge in [0.05, 0.1) is 11.7 Å². The Labute approximate surface area is 163 Å². The molecule has 2 amide bonds. The van der Waals surface area contributed by atoms with E-state index < -0.39 is 6.10 Å². The molecule has 0 bridgehead atoms. The van der Waals surface area contributed by atoms with Gasteiger partial charge in [0, 0.05) is 0 Å². The van der Waals surface area contributed by atoms with Crippen LogP contribution in [0, 0.1) is 0 Å². The van der Waals surface area contributed by atoms with Gasteiger partial charge >= 0.3 is 0 Å². The van der Waals surface area contributed by atoms with Crippen molar-refractivity contribution in [2.75, 3.05) is 11.4 Å². The largest absolute Gasteiger partial charge is 0.479 e. The first-order valence-electron chi connectivity index (χ1n) is 9.38. The zero-order chi connectivity index (χ0) is 19.7. The molecule has 4 rings (SSSR count). The van der Waals surface area contributed by atoms with Gasteiger partial charge in [-0.05, 0) is 48.4 Å². The number of nitrogens with zero attached hydrogens (tertiary/aromatic N) is 1. The summed E-state index contributed by atoms with van der Waals surface area (Å²) < 4.78 is 5.62. The van der Waals surface area contributed by atoms with E-state index in [1.165, 1.54) is 4.90 Å². The van der Waals surface area contributed by atoms with Crippen LogP contribution in [0.25, 0.3) is 10.8 Å². The van der Waals surface area contributed by atoms with Crippen LogP contribution in [0.5, 0.6) is 5.75 Å². The third-order valence-corrected chi connectivity index (χ3v) is 5.03. The zero-order valence-electron chi connectivity index (χ0n) is 15.9. The smallest absolute Gasteiger partial charge is 0.268 e. The second-order valence-corrected chi connectivity index (χ2v) is 7.05. The molecular formula is C23H22N2O3. The number of ether oxygens (including phenoxy) is 1. The van der Waals surface area contributed by atoms with Crippen molar-refractivity contribution in [2.24, 2.45) is 0 Å². The third-order valence-electron chi connectivity index (χ3n) is 5.03. The molecule has 5 heteroatoms. The van der Waals surface area contributed by atoms with Crippen LogP contribution in [-0.2, 0) is 9.59 Å². The molecule has 3 aromatic rings. The van der Waals surface area contributed by atoms with Gasteiger partial charge in [-0.25, -0.2) is 0 Å². The van der Waals surface area contributed by atoms with Crippen LogP contribution in [0.15, 0.2) is 66.7 Å². The van der Waals surface area contributed by atoms with Crippen molar-refractivity contribution in [1.82, 2.24) is 5.32 Å². The minimum Gasteiger partial charge on any atom is -0.479 e. The molecule has 28 heavy (non-hydrogen) atoms. The van der Waals surface area contributed by atoms with Gasteiger partial charge in [0.25, 0.3) is 5.91 Å². The monoisotopic (exact) mass is 374 g/mol. The van der Waals surface area contributed by atoms with Crippen LogP contribution in [0.4, 0.5) is 5.69 Å². The number of hydrogen-bond donors (Lipinski definition) is 1. The van der Waals surface area contributed by atoms with Crippen molar-refractivity contribution >= 4 is 28.3 Å². The molecule has 0 spiro atoms. The number of hydrogen-bond acceptors (Lipinski definition) is 3. The highest BCUT2D eigenvalue weighted by Crippen LogP contribution is 2.33. The van der Waals surface area contributed by atoms with E-state index in [-0.39, 0.29) is 24.4 Å². The first-order chi connectivity index (χ1) is 13.5. The number of amides is 2. The average molecular weight is 374 g/mol. The molecule has 1 heterocycles. The van der Waals surface area contributed by atoms with Gasteiger partial charge in [0.15, 0.2) is 6.10 Å². The Balaban J connectivity index is 1.49. The second-order valence-electron chi connectivity index (χ2n) is 7.05. The summed E-state index contributed by atoms with van der Waals surface area (Å²) in [6.07, 6.45) is -0.611. The lowest BCUT2D eigenvalue weighted by Gasteiger charge is -2.32. The standard InChI is InChI=1S/C23H22N2O3/c1-15(18-12-11-17-7-3-4-8-19(17)13-18)24-22(26)14-25-20-9-5-6-10-21(20)28-16(2)23(25)27/h3-13,15-16H,14H2,1-2H3,(H,24,26). The summed E-state index contributed by atoms with van der Waals surface area (Å²) in [6, 6.07) is 21.4. The summed E-state index contributed by atoms with van der Waals surface area (Å²) in [7, 11) is 0. The molecule has 0 aromatic heterocycles. The fraction of sp³-hybridized carbons (Fsp3) is 0.217. The minimum absolute atomic E-state index is 0.0402. The summed E-state index contributed by atoms with van der Waals surface area (Å²) in [5, 5.41) is 5.29. The highest BCUT2D eigenvalue weighted by atomic mass is 16.5. The summed E-state index contributed by atoms with van der Waals surface area (Å²) in [5.74, 6) is 0.190. The van der Waals surface area contributed by atoms with E-state index in [4.69, 9.17) is 4.74 Å². The molecule has 0 aliphatic carbocycles. The summed E-state index contributed by atoms with van der Waals surface area (Å²) in [6.45, 7) is 3.60. The number of carbonyl (C=O) groups excluding carboxylic acids is 2. The summed E-state index contributed by atoms with van der Waals surface area (Å²) in [5.41, 5.74) is 1.65. The second kappa shape index (κ2) is 7.35. The highest BCUT2D eigenvalue weighted by molar-refractivity contribution is 6.03. The lowest BCUT2D eigenvalue weighted by molar-refractivity contribution is -0.128. The van der Waals surface area contributed by atoms with Crippen molar-refractivity contribution in [1.29, 1.82) is 0 Å². The van der Waals surface area contributed by atoms with Crippen LogP contribution in [0.1, 0.15) is 25.5 Å². The molecule has 0 saturated carbocycles. The van der Waals surface area contributed by atoms with Crippen molar-refractivity contribution in [2.45, 2.75) is 26.0 Å². The normalized spacial score (nSPS) is 17.0. The average Bonchev–Trinajstić information content (AvgIpc) is 2.71. The van der Waals surface area contributed by atoms with Gasteiger partial charge in [-0.2, -0.15) is 0 Å². The number of rotatable bonds is 4. The first-order valence-corrected chi connectivity index (χ1v) is 9.38. The molecule has 0 fully saturated rings. The van der Waals surface area contributed by atoms with Crippen molar-refractivity contribution in [3.8, 4) is 5.75 Å². The lowest BCUT2D eigenvalue weighted by atomic mass is 10.0. The van der Waals surface area contributed by atoms with Crippen LogP contribution >= 0.6 is 0 Å². The predicted octanol–water partition coefficient (Wildman–Crippen LogP) is 3.83. The number of para-hydroxylation sites is 2. The molecule has 3 aromatic carbocycles. The fourth-order valence-electron chi connectivity index (χ4n) is 3.51. The number of nitrogens with one attached hydrogen (secondary N) is 1. The minimum atomic E-state index is -0.611. The van der Waals surface area contributed by atoms with Gasteiger partial charge in [-0.3, -0.25) is 14.5 Å². The molecule has 2 unspecified atom stereocenters. The van der Waals surface area contributed by atoms with E-state index in [1.807, 2.05) is 37.3 Å². The molecule has 2 atom stereocenters. The lowest BCUT2D eigenvalue weighted by Crippen LogP contribution is -2.49. The Bertz CT molecular complexity index is 1050. The summed E-state index contributed by atoms with van der Waals surface area (Å²) in [4.78, 5) is 26.7. The fourth-order valence-corrected chi connectivity index (χ4v) is 3.51. The number of anilines is 1. The Morgan fingerprint density at radius 3 is 2.61 bits per heavy atom. The molecule has 0 radical (unpaired) electrons. The maximum atomic E-state index is 12.7. The van der Waals surface area contributed by atoms with Gasteiger partial charge in [-0.1, -0.05) is 48.5 Å². The number of fused-ring (bicyclic) bond motifs is 2. The zero-order valence-corrected chi connectivity index (χ0v) is 15.9. The van der Waals surface area contributed by atoms with Crippen LogP contribution in [-0.4, -0.2) is 24.5 Å². The van der Waals surface area contributed by atoms with E-state index >= 15 is 0 Å². The Morgan fingerprint density at radius 1 is 1.07 bits per heavy atom. The molecule has 1 N–H and O–H groups in total. The first kappa shape index (κ1) is 18.0. The molecule has 142 valence electrons. The van der Waals surface area contributed by atoms with Gasteiger partial charge < -0.3 is 10.1 Å². The molecule has 1 aliphatic rings. The number of benzene rings is 3. The van der Waals surface area contributed by atoms with E-state index in [9.17, 15) is 9.59 Å². The molecule has 0 saturated heterocycles. The van der Waals surface area contributed by atoms with E-state index in [0.717, 1.165) is 16.3 Å². The predicted molar refractivity (Wildman–Crippen MR) is 109 cm³/mol. The molecule has 1 aliphatic heterocycles. The highest BCUT2D eigenvalue weighted by Gasteiger charge is 2.32. The summed E-state index contributed by atoms with van der Waals surface area (Å²) >= 11 is 0. The molecule has 5 nitrogen and oxygen atoms in total. The number of carbonyl (C=O) groups is 2. The topological polar surface area (TPSA) is 58.6 Å². The van der Waals surface area contributed by atoms with Gasteiger partial charge in [0.2, 0.25) is 5.91 Å². The SMILES string of the molecule is CC1Oc2ccccc2N(CC(=O)NC(C)c2ccc3ccccc3c2)C1=O. The van der Waals surface area contributed by atoms with Crippen LogP contribution < -0.4 is 15.0 Å². The quantitative estimate of drug-likeness (QED) is 0.755. The van der Waals surface area contributed by atoms with Crippen molar-refractivity contribution in [3.63, 3.8) is 0 Å². The van der Waals surface area contributed by atoms with Crippen molar-refractivity contribution in [3.05, 3.63) is 72.3 Å². The van der Waals surface area contributed by atoms with E-state index in [1.54, 1.807) is 19.1 Å². The van der Waals surface area contributed by atoms with Gasteiger partial charge in [0.1, 0.15) is 12.3 Å². The Morgan fingerprint density at radius 2 is 1.79 bits per heavy atom. The molecular weight excluding hydrogens is 352 g/mol.